The van der Waals surface area contributed by atoms with E-state index in [4.69, 9.17) is 14.2 Å². The Labute approximate surface area is 321 Å². The number of carbonyl (C=O) groups is 4. The fourth-order valence-corrected chi connectivity index (χ4v) is 9.44. The molecular weight excluding hydrogens is 751 g/mol. The number of amides is 4. The number of fused-ring (bicyclic) bond motifs is 5. The first-order valence-electron chi connectivity index (χ1n) is 19.0. The number of rotatable bonds is 7. The first kappa shape index (κ1) is 37.7. The number of sulfonamides is 1. The summed E-state index contributed by atoms with van der Waals surface area (Å²) < 4.78 is 70.1. The standard InChI is InChI=1S/C39H42F2N6O8S/c1-22-17-31(45-55-22)33(48)42-30-13-3-2-8-16-38(40,41)19-23-20-39(23,37(51)46-56(52,53)25-14-15-25)44-34(49)32-18-24(21-47(32)36(30)50)54-35-28-11-5-4-9-26(28)27-10-6-7-12-29(27)43-35/h4-7,9-12,17,23-25,30,32H,2-3,8,13-16,18-21H2,1H3,(H,42,48)(H,44,49)(H,46,51)/t23?,24-,30+,32+,39-/m1/s1. The van der Waals surface area contributed by atoms with Crippen LogP contribution in [0.25, 0.3) is 21.7 Å². The van der Waals surface area contributed by atoms with Crippen molar-refractivity contribution in [2.75, 3.05) is 6.54 Å². The third-order valence-electron chi connectivity index (χ3n) is 11.3. The topological polar surface area (TPSA) is 190 Å². The van der Waals surface area contributed by atoms with Crippen molar-refractivity contribution in [3.63, 3.8) is 0 Å². The summed E-state index contributed by atoms with van der Waals surface area (Å²) in [6.07, 6.45) is -0.839. The van der Waals surface area contributed by atoms with Crippen LogP contribution in [-0.4, -0.2) is 88.5 Å². The van der Waals surface area contributed by atoms with Gasteiger partial charge in [-0.1, -0.05) is 54.4 Å². The molecule has 56 heavy (non-hydrogen) atoms. The number of para-hydroxylation sites is 1. The fraction of sp³-hybridized carbons (Fsp3) is 0.487. The van der Waals surface area contributed by atoms with Crippen molar-refractivity contribution < 1.29 is 45.6 Å². The summed E-state index contributed by atoms with van der Waals surface area (Å²) in [6.45, 7) is 1.49. The second-order valence-corrected chi connectivity index (χ2v) is 17.5. The van der Waals surface area contributed by atoms with Crippen molar-refractivity contribution in [1.29, 1.82) is 0 Å². The van der Waals surface area contributed by atoms with E-state index in [2.05, 4.69) is 15.8 Å². The Morgan fingerprint density at radius 1 is 0.982 bits per heavy atom. The molecule has 4 heterocycles. The predicted octanol–water partition coefficient (Wildman–Crippen LogP) is 4.30. The number of pyridine rings is 1. The second kappa shape index (κ2) is 14.4. The van der Waals surface area contributed by atoms with Gasteiger partial charge < -0.3 is 24.8 Å². The van der Waals surface area contributed by atoms with Crippen LogP contribution in [0.5, 0.6) is 5.88 Å². The first-order valence-corrected chi connectivity index (χ1v) is 20.5. The molecule has 0 radical (unpaired) electrons. The summed E-state index contributed by atoms with van der Waals surface area (Å²) in [5.41, 5.74) is -1.34. The Morgan fingerprint density at radius 2 is 1.71 bits per heavy atom. The minimum absolute atomic E-state index is 0.0640. The van der Waals surface area contributed by atoms with Crippen molar-refractivity contribution >= 4 is 55.3 Å². The summed E-state index contributed by atoms with van der Waals surface area (Å²) in [4.78, 5) is 62.1. The molecule has 2 aliphatic carbocycles. The quantitative estimate of drug-likeness (QED) is 0.228. The minimum atomic E-state index is -4.08. The molecule has 0 bridgehead atoms. The lowest BCUT2D eigenvalue weighted by molar-refractivity contribution is -0.141. The van der Waals surface area contributed by atoms with Crippen LogP contribution >= 0.6 is 0 Å². The Balaban J connectivity index is 1.14. The second-order valence-electron chi connectivity index (χ2n) is 15.5. The molecule has 5 atom stereocenters. The number of hydrogen-bond donors (Lipinski definition) is 3. The zero-order chi connectivity index (χ0) is 39.4. The zero-order valence-corrected chi connectivity index (χ0v) is 31.4. The number of nitrogens with one attached hydrogen (secondary N) is 3. The first-order chi connectivity index (χ1) is 26.7. The van der Waals surface area contributed by atoms with Crippen molar-refractivity contribution in [3.05, 3.63) is 66.1 Å². The maximum atomic E-state index is 15.4. The van der Waals surface area contributed by atoms with Gasteiger partial charge in [-0.05, 0) is 62.5 Å². The summed E-state index contributed by atoms with van der Waals surface area (Å²) in [5.74, 6) is -6.85. The van der Waals surface area contributed by atoms with E-state index in [1.807, 2.05) is 53.3 Å². The number of nitrogens with zero attached hydrogens (tertiary/aromatic N) is 3. The van der Waals surface area contributed by atoms with Gasteiger partial charge in [0.1, 0.15) is 29.5 Å². The molecule has 2 aromatic heterocycles. The van der Waals surface area contributed by atoms with Gasteiger partial charge in [0.05, 0.1) is 17.3 Å². The summed E-state index contributed by atoms with van der Waals surface area (Å²) in [6, 6.07) is 14.0. The predicted molar refractivity (Wildman–Crippen MR) is 198 cm³/mol. The highest BCUT2D eigenvalue weighted by molar-refractivity contribution is 7.91. The molecule has 2 aromatic carbocycles. The number of carbonyl (C=O) groups excluding carboxylic acids is 4. The number of benzene rings is 2. The monoisotopic (exact) mass is 792 g/mol. The maximum Gasteiger partial charge on any atom is 0.274 e. The molecule has 14 nitrogen and oxygen atoms in total. The maximum absolute atomic E-state index is 15.4. The van der Waals surface area contributed by atoms with E-state index in [1.165, 1.54) is 11.0 Å². The molecule has 2 aliphatic heterocycles. The number of halogens is 2. The van der Waals surface area contributed by atoms with Crippen molar-refractivity contribution in [1.82, 2.24) is 30.4 Å². The van der Waals surface area contributed by atoms with Crippen LogP contribution in [0.3, 0.4) is 0 Å². The number of ether oxygens (including phenoxy) is 1. The van der Waals surface area contributed by atoms with E-state index in [9.17, 15) is 27.6 Å². The average Bonchev–Trinajstić information content (AvgIpc) is 4.04. The number of aromatic nitrogens is 2. The van der Waals surface area contributed by atoms with Crippen molar-refractivity contribution in [2.24, 2.45) is 5.92 Å². The average molecular weight is 793 g/mol. The molecule has 4 aliphatic rings. The Hall–Kier alpha value is -5.19. The van der Waals surface area contributed by atoms with E-state index in [0.29, 0.717) is 42.3 Å². The highest BCUT2D eigenvalue weighted by Crippen LogP contribution is 2.51. The SMILES string of the molecule is Cc1cc(C(=O)N[C@H]2CCCCCC(F)(F)CC3C[C@@]3(C(=O)NS(=O)(=O)C3CC3)NC(=O)[C@@H]3C[C@@H](Oc4nc5ccccc5c5ccccc45)CN3C2=O)no1. The van der Waals surface area contributed by atoms with E-state index < -0.39 is 87.3 Å². The molecular formula is C39H42F2N6O8S. The van der Waals surface area contributed by atoms with Gasteiger partial charge in [0.15, 0.2) is 5.69 Å². The van der Waals surface area contributed by atoms with Crippen LogP contribution in [0.2, 0.25) is 0 Å². The van der Waals surface area contributed by atoms with E-state index in [1.54, 1.807) is 6.92 Å². The van der Waals surface area contributed by atoms with Crippen molar-refractivity contribution in [2.45, 2.75) is 106 Å². The minimum Gasteiger partial charge on any atom is -0.472 e. The lowest BCUT2D eigenvalue weighted by atomic mass is 10.00. The molecule has 4 aromatic rings. The van der Waals surface area contributed by atoms with Gasteiger partial charge in [0.25, 0.3) is 11.8 Å². The highest BCUT2D eigenvalue weighted by Gasteiger charge is 2.65. The fourth-order valence-electron chi connectivity index (χ4n) is 8.08. The Kier molecular flexibility index (Phi) is 9.69. The number of hydrogen-bond acceptors (Lipinski definition) is 10. The lowest BCUT2D eigenvalue weighted by Gasteiger charge is -2.30. The van der Waals surface area contributed by atoms with Gasteiger partial charge >= 0.3 is 0 Å². The molecule has 17 heteroatoms. The largest absolute Gasteiger partial charge is 0.472 e. The summed E-state index contributed by atoms with van der Waals surface area (Å²) in [5, 5.41) is 10.8. The molecule has 2 saturated carbocycles. The van der Waals surface area contributed by atoms with Gasteiger partial charge in [-0.2, -0.15) is 0 Å². The third-order valence-corrected chi connectivity index (χ3v) is 13.1. The smallest absolute Gasteiger partial charge is 0.274 e. The lowest BCUT2D eigenvalue weighted by Crippen LogP contribution is -2.58. The van der Waals surface area contributed by atoms with Crippen LogP contribution < -0.4 is 20.1 Å². The molecule has 296 valence electrons. The summed E-state index contributed by atoms with van der Waals surface area (Å²) >= 11 is 0. The normalized spacial score (nSPS) is 27.0. The Bertz CT molecular complexity index is 2330. The van der Waals surface area contributed by atoms with Crippen LogP contribution in [0.15, 0.2) is 59.1 Å². The van der Waals surface area contributed by atoms with Gasteiger partial charge in [-0.3, -0.25) is 23.9 Å². The third kappa shape index (κ3) is 7.52. The zero-order valence-electron chi connectivity index (χ0n) is 30.6. The van der Waals surface area contributed by atoms with Crippen LogP contribution in [-0.2, 0) is 24.4 Å². The number of alkyl halides is 2. The van der Waals surface area contributed by atoms with Crippen LogP contribution in [0.4, 0.5) is 8.78 Å². The van der Waals surface area contributed by atoms with Gasteiger partial charge in [0.2, 0.25) is 33.6 Å². The summed E-state index contributed by atoms with van der Waals surface area (Å²) in [7, 11) is -4.08. The molecule has 2 saturated heterocycles. The van der Waals surface area contributed by atoms with E-state index in [-0.39, 0.29) is 43.8 Å². The van der Waals surface area contributed by atoms with Crippen molar-refractivity contribution in [3.8, 4) is 5.88 Å². The molecule has 4 amide bonds. The van der Waals surface area contributed by atoms with Crippen LogP contribution in [0, 0.1) is 12.8 Å². The number of aryl methyl sites for hydroxylation is 1. The highest BCUT2D eigenvalue weighted by atomic mass is 32.2. The molecule has 3 N–H and O–H groups in total. The van der Waals surface area contributed by atoms with Gasteiger partial charge in [-0.25, -0.2) is 22.2 Å². The molecule has 8 rings (SSSR count). The molecule has 4 fully saturated rings. The molecule has 0 spiro atoms. The van der Waals surface area contributed by atoms with Gasteiger partial charge in [0, 0.05) is 36.1 Å². The Morgan fingerprint density at radius 3 is 2.45 bits per heavy atom. The van der Waals surface area contributed by atoms with E-state index in [0.717, 1.165) is 10.8 Å². The molecule has 1 unspecified atom stereocenters. The van der Waals surface area contributed by atoms with Gasteiger partial charge in [-0.15, -0.1) is 0 Å². The van der Waals surface area contributed by atoms with Crippen LogP contribution in [0.1, 0.15) is 80.5 Å². The van der Waals surface area contributed by atoms with E-state index >= 15 is 8.78 Å².